The number of pyridine rings is 1. The molecule has 4 aliphatic carbocycles. The Labute approximate surface area is 223 Å². The summed E-state index contributed by atoms with van der Waals surface area (Å²) in [5.41, 5.74) is 0.871. The fourth-order valence-corrected chi connectivity index (χ4v) is 8.16. The van der Waals surface area contributed by atoms with Crippen molar-refractivity contribution in [3.8, 4) is 11.1 Å². The number of carbonyl (C=O) groups is 1. The predicted octanol–water partition coefficient (Wildman–Crippen LogP) is 7.58. The smallest absolute Gasteiger partial charge is 0.383 e. The molecule has 2 fully saturated rings. The van der Waals surface area contributed by atoms with Crippen molar-refractivity contribution in [1.29, 1.82) is 0 Å². The molecule has 0 radical (unpaired) electrons. The summed E-state index contributed by atoms with van der Waals surface area (Å²) in [6, 6.07) is 11.4. The fraction of sp³-hybridized carbons (Fsp3) is 0.484. The molecule has 39 heavy (non-hydrogen) atoms. The summed E-state index contributed by atoms with van der Waals surface area (Å²) in [6.45, 7) is 1.44. The number of allylic oxidation sites excluding steroid dienone is 4. The van der Waals surface area contributed by atoms with Crippen LogP contribution >= 0.6 is 0 Å². The number of rotatable bonds is 3. The van der Waals surface area contributed by atoms with Crippen molar-refractivity contribution < 1.29 is 31.9 Å². The number of ketones is 1. The number of carbonyl (C=O) groups excluding carboxylic acids is 1. The van der Waals surface area contributed by atoms with Gasteiger partial charge in [0.05, 0.1) is 0 Å². The van der Waals surface area contributed by atoms with Gasteiger partial charge in [0.2, 0.25) is 0 Å². The van der Waals surface area contributed by atoms with Crippen LogP contribution in [0.1, 0.15) is 63.4 Å². The summed E-state index contributed by atoms with van der Waals surface area (Å²) in [5, 5.41) is 11.4. The van der Waals surface area contributed by atoms with Crippen LogP contribution in [-0.2, 0) is 4.79 Å². The van der Waals surface area contributed by atoms with Gasteiger partial charge in [-0.25, -0.2) is 0 Å². The topological polar surface area (TPSA) is 50.2 Å². The summed E-state index contributed by atoms with van der Waals surface area (Å²) in [4.78, 5) is 16.3. The lowest BCUT2D eigenvalue weighted by Crippen LogP contribution is -2.65. The second kappa shape index (κ2) is 8.82. The highest BCUT2D eigenvalue weighted by molar-refractivity contribution is 5.93. The van der Waals surface area contributed by atoms with E-state index in [0.29, 0.717) is 25.7 Å². The van der Waals surface area contributed by atoms with E-state index >= 15 is 8.78 Å². The molecule has 1 N–H and O–H groups in total. The third kappa shape index (κ3) is 3.77. The zero-order valence-corrected chi connectivity index (χ0v) is 21.6. The first-order chi connectivity index (χ1) is 18.4. The third-order valence-electron chi connectivity index (χ3n) is 10.1. The molecule has 2 aromatic rings. The molecule has 1 aromatic carbocycles. The Hall–Kier alpha value is -2.87. The number of benzene rings is 1. The summed E-state index contributed by atoms with van der Waals surface area (Å²) in [6.07, 6.45) is 0.768. The maximum atomic E-state index is 15.1. The Morgan fingerprint density at radius 1 is 0.974 bits per heavy atom. The van der Waals surface area contributed by atoms with Crippen LogP contribution in [0, 0.1) is 17.3 Å². The Kier molecular flexibility index (Phi) is 5.96. The summed E-state index contributed by atoms with van der Waals surface area (Å²) < 4.78 is 71.3. The van der Waals surface area contributed by atoms with E-state index in [1.807, 2.05) is 36.4 Å². The Morgan fingerprint density at radius 2 is 1.72 bits per heavy atom. The highest BCUT2D eigenvalue weighted by Crippen LogP contribution is 2.70. The number of alkyl halides is 5. The van der Waals surface area contributed by atoms with Gasteiger partial charge in [0.25, 0.3) is 0 Å². The molecule has 8 heteroatoms. The van der Waals surface area contributed by atoms with Gasteiger partial charge in [-0.2, -0.15) is 22.0 Å². The van der Waals surface area contributed by atoms with Gasteiger partial charge >= 0.3 is 12.1 Å². The van der Waals surface area contributed by atoms with Crippen LogP contribution in [0.3, 0.4) is 0 Å². The second-order valence-corrected chi connectivity index (χ2v) is 11.8. The quantitative estimate of drug-likeness (QED) is 0.406. The molecule has 2 unspecified atom stereocenters. The number of aromatic nitrogens is 1. The van der Waals surface area contributed by atoms with Crippen LogP contribution in [0.4, 0.5) is 22.0 Å². The average Bonchev–Trinajstić information content (AvgIpc) is 3.19. The molecule has 6 rings (SSSR count). The normalized spacial score (nSPS) is 32.8. The van der Waals surface area contributed by atoms with Crippen molar-refractivity contribution in [2.75, 3.05) is 0 Å². The lowest BCUT2D eigenvalue weighted by atomic mass is 9.50. The predicted molar refractivity (Wildman–Crippen MR) is 136 cm³/mol. The summed E-state index contributed by atoms with van der Waals surface area (Å²) in [7, 11) is 0. The first-order valence-electron chi connectivity index (χ1n) is 13.5. The average molecular weight is 544 g/mol. The van der Waals surface area contributed by atoms with Gasteiger partial charge in [-0.3, -0.25) is 9.78 Å². The van der Waals surface area contributed by atoms with Crippen molar-refractivity contribution in [2.45, 2.75) is 75.5 Å². The zero-order chi connectivity index (χ0) is 27.8. The van der Waals surface area contributed by atoms with Gasteiger partial charge < -0.3 is 5.11 Å². The number of halogens is 5. The molecule has 1 aromatic heterocycles. The van der Waals surface area contributed by atoms with Gasteiger partial charge in [0, 0.05) is 30.1 Å². The number of aliphatic hydroxyl groups is 1. The van der Waals surface area contributed by atoms with Gasteiger partial charge in [0.15, 0.2) is 5.78 Å². The van der Waals surface area contributed by atoms with Crippen LogP contribution in [0.5, 0.6) is 0 Å². The maximum Gasteiger partial charge on any atom is 0.456 e. The molecule has 0 saturated heterocycles. The molecule has 2 saturated carbocycles. The maximum absolute atomic E-state index is 15.1. The van der Waals surface area contributed by atoms with E-state index in [2.05, 4.69) is 4.98 Å². The number of fused-ring (bicyclic) bond motifs is 4. The fourth-order valence-electron chi connectivity index (χ4n) is 8.16. The first kappa shape index (κ1) is 26.4. The third-order valence-corrected chi connectivity index (χ3v) is 10.1. The standard InChI is InChI=1S/C31H30F5NO2/c1-28-16-25(19-6-4-18(5-7-19)21-3-2-14-37-17-21)27-23-11-9-22(38)15-20(23)8-10-24(27)26(28)12-13-29(28,39)30(32,33)31(34,35)36/h2-7,14-15,17,24-26,39H,8-13,16H2,1H3/t24-,25?,26-,28-,29?/m0/s1. The van der Waals surface area contributed by atoms with Crippen LogP contribution < -0.4 is 0 Å². The number of hydrogen-bond donors (Lipinski definition) is 1. The Balaban J connectivity index is 1.49. The Bertz CT molecular complexity index is 1360. The number of nitrogens with zero attached hydrogens (tertiary/aromatic N) is 1. The lowest BCUT2D eigenvalue weighted by molar-refractivity contribution is -0.362. The second-order valence-electron chi connectivity index (χ2n) is 11.8. The minimum absolute atomic E-state index is 0.0252. The molecule has 3 nitrogen and oxygen atoms in total. The van der Waals surface area contributed by atoms with E-state index in [1.165, 1.54) is 6.92 Å². The van der Waals surface area contributed by atoms with Crippen LogP contribution in [-0.4, -0.2) is 33.6 Å². The van der Waals surface area contributed by atoms with E-state index in [0.717, 1.165) is 33.4 Å². The molecular weight excluding hydrogens is 513 g/mol. The van der Waals surface area contributed by atoms with Crippen molar-refractivity contribution in [2.24, 2.45) is 17.3 Å². The van der Waals surface area contributed by atoms with Crippen molar-refractivity contribution >= 4 is 5.78 Å². The SMILES string of the molecule is C[C@]12CC(c3ccc(-c4cccnc4)cc3)C3=C4CCC(=O)C=C4CC[C@H]3[C@@H]1CCC2(O)C(F)(F)C(F)(F)F. The minimum atomic E-state index is -5.86. The van der Waals surface area contributed by atoms with Gasteiger partial charge in [-0.1, -0.05) is 42.8 Å². The number of hydrogen-bond acceptors (Lipinski definition) is 3. The molecule has 0 amide bonds. The van der Waals surface area contributed by atoms with E-state index in [-0.39, 0.29) is 24.5 Å². The Morgan fingerprint density at radius 3 is 2.38 bits per heavy atom. The molecule has 5 atom stereocenters. The summed E-state index contributed by atoms with van der Waals surface area (Å²) in [5.74, 6) is -6.36. The van der Waals surface area contributed by atoms with Crippen LogP contribution in [0.2, 0.25) is 0 Å². The molecule has 0 bridgehead atoms. The lowest BCUT2D eigenvalue weighted by Gasteiger charge is -2.56. The van der Waals surface area contributed by atoms with Crippen LogP contribution in [0.25, 0.3) is 11.1 Å². The largest absolute Gasteiger partial charge is 0.456 e. The molecule has 0 aliphatic heterocycles. The van der Waals surface area contributed by atoms with E-state index < -0.39 is 41.4 Å². The minimum Gasteiger partial charge on any atom is -0.383 e. The highest BCUT2D eigenvalue weighted by Gasteiger charge is 2.79. The van der Waals surface area contributed by atoms with Gasteiger partial charge in [-0.15, -0.1) is 0 Å². The molecule has 206 valence electrons. The van der Waals surface area contributed by atoms with Gasteiger partial charge in [0.1, 0.15) is 5.60 Å². The first-order valence-corrected chi connectivity index (χ1v) is 13.5. The molecule has 0 spiro atoms. The van der Waals surface area contributed by atoms with Crippen LogP contribution in [0.15, 0.2) is 71.6 Å². The summed E-state index contributed by atoms with van der Waals surface area (Å²) >= 11 is 0. The molecular formula is C31H30F5NO2. The highest BCUT2D eigenvalue weighted by atomic mass is 19.4. The van der Waals surface area contributed by atoms with Gasteiger partial charge in [-0.05, 0) is 90.3 Å². The zero-order valence-electron chi connectivity index (χ0n) is 21.6. The van der Waals surface area contributed by atoms with E-state index in [1.54, 1.807) is 18.5 Å². The van der Waals surface area contributed by atoms with E-state index in [9.17, 15) is 23.1 Å². The van der Waals surface area contributed by atoms with Crippen molar-refractivity contribution in [3.05, 3.63) is 77.2 Å². The van der Waals surface area contributed by atoms with Crippen molar-refractivity contribution in [3.63, 3.8) is 0 Å². The van der Waals surface area contributed by atoms with Crippen molar-refractivity contribution in [1.82, 2.24) is 4.98 Å². The monoisotopic (exact) mass is 543 g/mol. The van der Waals surface area contributed by atoms with E-state index in [4.69, 9.17) is 0 Å². The molecule has 4 aliphatic rings. The molecule has 1 heterocycles.